The number of fused-ring (bicyclic) bond motifs is 1. The Kier molecular flexibility index (Phi) is 2.37. The van der Waals surface area contributed by atoms with E-state index in [1.54, 1.807) is 0 Å². The molecule has 3 nitrogen and oxygen atoms in total. The normalized spacial score (nSPS) is 37.3. The fourth-order valence-electron chi connectivity index (χ4n) is 2.91. The minimum absolute atomic E-state index is 0.166. The molecule has 1 heterocycles. The van der Waals surface area contributed by atoms with E-state index in [1.807, 2.05) is 30.3 Å². The molecule has 1 saturated heterocycles. The van der Waals surface area contributed by atoms with Crippen LogP contribution in [-0.2, 0) is 0 Å². The third-order valence-electron chi connectivity index (χ3n) is 3.76. The summed E-state index contributed by atoms with van der Waals surface area (Å²) < 4.78 is 5.89. The van der Waals surface area contributed by atoms with Crippen LogP contribution < -0.4 is 10.1 Å². The summed E-state index contributed by atoms with van der Waals surface area (Å²) in [7, 11) is 0. The zero-order valence-electron chi connectivity index (χ0n) is 9.23. The summed E-state index contributed by atoms with van der Waals surface area (Å²) in [5, 5.41) is 13.6. The Bertz CT molecular complexity index is 367. The van der Waals surface area contributed by atoms with Crippen molar-refractivity contribution >= 4 is 0 Å². The van der Waals surface area contributed by atoms with E-state index in [-0.39, 0.29) is 6.10 Å². The average molecular weight is 219 g/mol. The fraction of sp³-hybridized carbons (Fsp3) is 0.538. The Balaban J connectivity index is 1.67. The predicted octanol–water partition coefficient (Wildman–Crippen LogP) is 1.18. The second-order valence-corrected chi connectivity index (χ2v) is 4.92. The molecule has 2 fully saturated rings. The van der Waals surface area contributed by atoms with Gasteiger partial charge in [0.2, 0.25) is 0 Å². The summed E-state index contributed by atoms with van der Waals surface area (Å²) in [5.41, 5.74) is -0.528. The molecule has 0 aromatic heterocycles. The van der Waals surface area contributed by atoms with Gasteiger partial charge in [0.1, 0.15) is 11.9 Å². The molecule has 1 aliphatic heterocycles. The van der Waals surface area contributed by atoms with E-state index in [9.17, 15) is 5.11 Å². The van der Waals surface area contributed by atoms with Crippen molar-refractivity contribution in [3.8, 4) is 5.75 Å². The maximum absolute atomic E-state index is 10.3. The molecule has 0 unspecified atom stereocenters. The number of ether oxygens (including phenoxy) is 1. The van der Waals surface area contributed by atoms with Gasteiger partial charge in [-0.1, -0.05) is 18.2 Å². The Morgan fingerprint density at radius 2 is 2.12 bits per heavy atom. The molecular formula is C13H17NO2. The highest BCUT2D eigenvalue weighted by molar-refractivity contribution is 5.22. The first-order chi connectivity index (χ1) is 7.76. The predicted molar refractivity (Wildman–Crippen MR) is 61.4 cm³/mol. The van der Waals surface area contributed by atoms with Crippen molar-refractivity contribution in [2.75, 3.05) is 13.1 Å². The molecule has 16 heavy (non-hydrogen) atoms. The highest BCUT2D eigenvalue weighted by atomic mass is 16.5. The molecule has 3 heteroatoms. The van der Waals surface area contributed by atoms with Crippen LogP contribution in [0.3, 0.4) is 0 Å². The van der Waals surface area contributed by atoms with Crippen LogP contribution in [-0.4, -0.2) is 29.9 Å². The summed E-state index contributed by atoms with van der Waals surface area (Å²) in [5.74, 6) is 1.27. The Morgan fingerprint density at radius 3 is 2.88 bits per heavy atom. The van der Waals surface area contributed by atoms with Crippen molar-refractivity contribution in [1.82, 2.24) is 5.32 Å². The van der Waals surface area contributed by atoms with E-state index in [2.05, 4.69) is 5.32 Å². The number of β-amino-alcohol motifs (C(OH)–C–C–N with tert-alkyl or cyclic N) is 1. The number of benzene rings is 1. The largest absolute Gasteiger partial charge is 0.490 e. The maximum Gasteiger partial charge on any atom is 0.119 e. The van der Waals surface area contributed by atoms with Crippen molar-refractivity contribution in [3.63, 3.8) is 0 Å². The Morgan fingerprint density at radius 1 is 1.31 bits per heavy atom. The van der Waals surface area contributed by atoms with E-state index in [0.717, 1.165) is 25.1 Å². The van der Waals surface area contributed by atoms with Crippen molar-refractivity contribution in [1.29, 1.82) is 0 Å². The first kappa shape index (κ1) is 10.1. The van der Waals surface area contributed by atoms with Crippen LogP contribution in [0.2, 0.25) is 0 Å². The van der Waals surface area contributed by atoms with Gasteiger partial charge in [0.25, 0.3) is 0 Å². The van der Waals surface area contributed by atoms with Crippen LogP contribution in [0.4, 0.5) is 0 Å². The molecule has 1 aliphatic carbocycles. The van der Waals surface area contributed by atoms with Crippen LogP contribution in [0.1, 0.15) is 12.8 Å². The van der Waals surface area contributed by atoms with Crippen LogP contribution in [0.15, 0.2) is 30.3 Å². The lowest BCUT2D eigenvalue weighted by molar-refractivity contribution is 0.0303. The summed E-state index contributed by atoms with van der Waals surface area (Å²) in [4.78, 5) is 0. The number of hydrogen-bond acceptors (Lipinski definition) is 3. The second kappa shape index (κ2) is 3.75. The van der Waals surface area contributed by atoms with Crippen LogP contribution in [0.25, 0.3) is 0 Å². The van der Waals surface area contributed by atoms with E-state index in [0.29, 0.717) is 12.5 Å². The maximum atomic E-state index is 10.3. The molecule has 1 aromatic carbocycles. The third kappa shape index (κ3) is 1.70. The highest BCUT2D eigenvalue weighted by Gasteiger charge is 2.49. The molecule has 3 rings (SSSR count). The van der Waals surface area contributed by atoms with Crippen molar-refractivity contribution in [3.05, 3.63) is 30.3 Å². The standard InChI is InChI=1S/C13H17NO2/c15-13-7-12(6-10(13)8-14-9-13)16-11-4-2-1-3-5-11/h1-5,10,12,14-15H,6-9H2/t10-,12+,13-/m0/s1. The van der Waals surface area contributed by atoms with Gasteiger partial charge in [0, 0.05) is 25.4 Å². The van der Waals surface area contributed by atoms with Gasteiger partial charge in [-0.05, 0) is 18.6 Å². The number of aliphatic hydroxyl groups is 1. The van der Waals surface area contributed by atoms with E-state index >= 15 is 0 Å². The number of rotatable bonds is 2. The molecule has 2 aliphatic rings. The zero-order valence-corrected chi connectivity index (χ0v) is 9.23. The van der Waals surface area contributed by atoms with Gasteiger partial charge in [-0.3, -0.25) is 0 Å². The van der Waals surface area contributed by atoms with Crippen molar-refractivity contribution < 1.29 is 9.84 Å². The van der Waals surface area contributed by atoms with E-state index < -0.39 is 5.60 Å². The lowest BCUT2D eigenvalue weighted by atomic mass is 9.95. The molecule has 0 spiro atoms. The average Bonchev–Trinajstić information content (AvgIpc) is 2.74. The van der Waals surface area contributed by atoms with Crippen LogP contribution in [0.5, 0.6) is 5.75 Å². The monoisotopic (exact) mass is 219 g/mol. The highest BCUT2D eigenvalue weighted by Crippen LogP contribution is 2.39. The Labute approximate surface area is 95.4 Å². The SMILES string of the molecule is O[C@@]12CNC[C@@H]1C[C@@H](Oc1ccccc1)C2. The number of nitrogens with one attached hydrogen (secondary N) is 1. The fourth-order valence-corrected chi connectivity index (χ4v) is 2.91. The number of para-hydroxylation sites is 1. The molecular weight excluding hydrogens is 202 g/mol. The van der Waals surface area contributed by atoms with Gasteiger partial charge in [-0.2, -0.15) is 0 Å². The molecule has 2 N–H and O–H groups in total. The molecule has 0 amide bonds. The van der Waals surface area contributed by atoms with Crippen LogP contribution in [0, 0.1) is 5.92 Å². The van der Waals surface area contributed by atoms with Gasteiger partial charge >= 0.3 is 0 Å². The van der Waals surface area contributed by atoms with Gasteiger partial charge < -0.3 is 15.2 Å². The quantitative estimate of drug-likeness (QED) is 0.784. The molecule has 0 radical (unpaired) electrons. The zero-order chi connectivity index (χ0) is 11.0. The first-order valence-electron chi connectivity index (χ1n) is 5.91. The van der Waals surface area contributed by atoms with Crippen molar-refractivity contribution in [2.24, 2.45) is 5.92 Å². The van der Waals surface area contributed by atoms with Crippen molar-refractivity contribution in [2.45, 2.75) is 24.5 Å². The molecule has 1 aromatic rings. The van der Waals surface area contributed by atoms with Gasteiger partial charge in [-0.25, -0.2) is 0 Å². The third-order valence-corrected chi connectivity index (χ3v) is 3.76. The second-order valence-electron chi connectivity index (χ2n) is 4.92. The molecule has 0 bridgehead atoms. The van der Waals surface area contributed by atoms with E-state index in [4.69, 9.17) is 4.74 Å². The van der Waals surface area contributed by atoms with E-state index in [1.165, 1.54) is 0 Å². The lowest BCUT2D eigenvalue weighted by Gasteiger charge is -2.20. The molecule has 1 saturated carbocycles. The Hall–Kier alpha value is -1.06. The minimum Gasteiger partial charge on any atom is -0.490 e. The first-order valence-corrected chi connectivity index (χ1v) is 5.91. The van der Waals surface area contributed by atoms with Crippen LogP contribution >= 0.6 is 0 Å². The minimum atomic E-state index is -0.528. The summed E-state index contributed by atoms with van der Waals surface area (Å²) in [6, 6.07) is 9.86. The topological polar surface area (TPSA) is 41.5 Å². The smallest absolute Gasteiger partial charge is 0.119 e. The number of hydrogen-bond donors (Lipinski definition) is 2. The lowest BCUT2D eigenvalue weighted by Crippen LogP contribution is -2.34. The summed E-state index contributed by atoms with van der Waals surface area (Å²) >= 11 is 0. The summed E-state index contributed by atoms with van der Waals surface area (Å²) in [6.07, 6.45) is 1.87. The molecule has 86 valence electrons. The van der Waals surface area contributed by atoms with Gasteiger partial charge in [0.15, 0.2) is 0 Å². The van der Waals surface area contributed by atoms with Gasteiger partial charge in [0.05, 0.1) is 5.60 Å². The van der Waals surface area contributed by atoms with Gasteiger partial charge in [-0.15, -0.1) is 0 Å². The summed E-state index contributed by atoms with van der Waals surface area (Å²) in [6.45, 7) is 1.64. The molecule has 3 atom stereocenters.